The lowest BCUT2D eigenvalue weighted by Crippen LogP contribution is -2.30. The molecule has 0 spiro atoms. The molecule has 0 aliphatic rings. The van der Waals surface area contributed by atoms with Crippen molar-refractivity contribution in [2.24, 2.45) is 0 Å². The minimum absolute atomic E-state index is 0.0814. The van der Waals surface area contributed by atoms with Crippen molar-refractivity contribution in [3.05, 3.63) is 60.8 Å². The van der Waals surface area contributed by atoms with Crippen LogP contribution in [0.15, 0.2) is 60.8 Å². The van der Waals surface area contributed by atoms with Gasteiger partial charge >= 0.3 is 17.9 Å². The zero-order chi connectivity index (χ0) is 48.6. The standard InChI is InChI=1S/C61H108O6/c1-4-7-10-13-16-19-22-25-27-29-30-32-33-36-39-42-45-48-51-54-60(63)66-57-58(56-65-59(62)53-50-47-44-41-38-35-24-21-18-15-12-9-6-3)67-61(64)55-52-49-46-43-40-37-34-31-28-26-23-20-17-14-11-8-5-2/h16-17,19-21,24-28,58H,4-15,18,22-23,29-57H2,1-3H3/b19-16-,20-17-,24-21-,27-25-,28-26-/t58-/m0/s1. The van der Waals surface area contributed by atoms with E-state index in [1.807, 2.05) is 0 Å². The Kier molecular flexibility index (Phi) is 53.3. The van der Waals surface area contributed by atoms with Crippen LogP contribution < -0.4 is 0 Å². The number of carbonyl (C=O) groups is 3. The lowest BCUT2D eigenvalue weighted by atomic mass is 10.1. The molecule has 0 radical (unpaired) electrons. The fourth-order valence-electron chi connectivity index (χ4n) is 8.09. The summed E-state index contributed by atoms with van der Waals surface area (Å²) in [6.07, 6.45) is 69.2. The maximum atomic E-state index is 12.8. The topological polar surface area (TPSA) is 78.9 Å². The molecule has 6 heteroatoms. The Bertz CT molecular complexity index is 1210. The van der Waals surface area contributed by atoms with E-state index in [1.165, 1.54) is 167 Å². The van der Waals surface area contributed by atoms with Crippen molar-refractivity contribution >= 4 is 17.9 Å². The summed E-state index contributed by atoms with van der Waals surface area (Å²) in [5.74, 6) is -0.892. The van der Waals surface area contributed by atoms with Gasteiger partial charge in [0.2, 0.25) is 0 Å². The summed E-state index contributed by atoms with van der Waals surface area (Å²) in [5.41, 5.74) is 0. The Morgan fingerprint density at radius 2 is 0.537 bits per heavy atom. The number of hydrogen-bond acceptors (Lipinski definition) is 6. The van der Waals surface area contributed by atoms with Crippen LogP contribution in [0.2, 0.25) is 0 Å². The Balaban J connectivity index is 4.37. The highest BCUT2D eigenvalue weighted by atomic mass is 16.6. The lowest BCUT2D eigenvalue weighted by molar-refractivity contribution is -0.167. The van der Waals surface area contributed by atoms with Crippen LogP contribution in [-0.4, -0.2) is 37.2 Å². The highest BCUT2D eigenvalue weighted by molar-refractivity contribution is 5.71. The first-order valence-corrected chi connectivity index (χ1v) is 28.8. The van der Waals surface area contributed by atoms with E-state index in [2.05, 4.69) is 81.5 Å². The van der Waals surface area contributed by atoms with E-state index in [4.69, 9.17) is 14.2 Å². The van der Waals surface area contributed by atoms with Crippen molar-refractivity contribution in [1.29, 1.82) is 0 Å². The molecule has 0 aromatic heterocycles. The van der Waals surface area contributed by atoms with Crippen molar-refractivity contribution in [3.8, 4) is 0 Å². The van der Waals surface area contributed by atoms with Crippen LogP contribution in [0.4, 0.5) is 0 Å². The minimum atomic E-state index is -0.783. The molecule has 0 aliphatic carbocycles. The van der Waals surface area contributed by atoms with Gasteiger partial charge in [-0.2, -0.15) is 0 Å². The summed E-state index contributed by atoms with van der Waals surface area (Å²) in [6, 6.07) is 0. The first-order valence-electron chi connectivity index (χ1n) is 28.8. The molecule has 0 aliphatic heterocycles. The van der Waals surface area contributed by atoms with Gasteiger partial charge in [-0.15, -0.1) is 0 Å². The zero-order valence-corrected chi connectivity index (χ0v) is 44.4. The van der Waals surface area contributed by atoms with Gasteiger partial charge in [0.15, 0.2) is 6.10 Å². The second-order valence-corrected chi connectivity index (χ2v) is 19.2. The van der Waals surface area contributed by atoms with Gasteiger partial charge in [0.05, 0.1) is 0 Å². The number of esters is 3. The molecular formula is C61H108O6. The normalized spacial score (nSPS) is 12.5. The van der Waals surface area contributed by atoms with E-state index >= 15 is 0 Å². The third-order valence-corrected chi connectivity index (χ3v) is 12.5. The highest BCUT2D eigenvalue weighted by Crippen LogP contribution is 2.15. The summed E-state index contributed by atoms with van der Waals surface area (Å²) in [5, 5.41) is 0. The van der Waals surface area contributed by atoms with Crippen LogP contribution in [0.25, 0.3) is 0 Å². The first-order chi connectivity index (χ1) is 33.0. The third-order valence-electron chi connectivity index (χ3n) is 12.5. The third kappa shape index (κ3) is 53.9. The monoisotopic (exact) mass is 937 g/mol. The van der Waals surface area contributed by atoms with Crippen molar-refractivity contribution in [2.75, 3.05) is 13.2 Å². The van der Waals surface area contributed by atoms with Crippen LogP contribution in [0, 0.1) is 0 Å². The molecule has 0 aromatic carbocycles. The quantitative estimate of drug-likeness (QED) is 0.0262. The maximum Gasteiger partial charge on any atom is 0.306 e. The number of allylic oxidation sites excluding steroid dienone is 10. The second-order valence-electron chi connectivity index (χ2n) is 19.2. The molecule has 6 nitrogen and oxygen atoms in total. The molecule has 0 bridgehead atoms. The molecule has 0 saturated heterocycles. The van der Waals surface area contributed by atoms with Gasteiger partial charge in [-0.05, 0) is 109 Å². The minimum Gasteiger partial charge on any atom is -0.462 e. The maximum absolute atomic E-state index is 12.8. The number of unbranched alkanes of at least 4 members (excludes halogenated alkanes) is 31. The van der Waals surface area contributed by atoms with E-state index in [0.717, 1.165) is 83.5 Å². The van der Waals surface area contributed by atoms with Crippen LogP contribution in [0.5, 0.6) is 0 Å². The van der Waals surface area contributed by atoms with E-state index in [1.54, 1.807) is 0 Å². The van der Waals surface area contributed by atoms with Crippen molar-refractivity contribution in [1.82, 2.24) is 0 Å². The number of carbonyl (C=O) groups excluding carboxylic acids is 3. The average molecular weight is 938 g/mol. The van der Waals surface area contributed by atoms with Gasteiger partial charge in [-0.1, -0.05) is 223 Å². The van der Waals surface area contributed by atoms with E-state index < -0.39 is 6.10 Å². The van der Waals surface area contributed by atoms with Crippen molar-refractivity contribution < 1.29 is 28.6 Å². The predicted octanol–water partition coefficient (Wildman–Crippen LogP) is 19.2. The van der Waals surface area contributed by atoms with E-state index in [9.17, 15) is 14.4 Å². The van der Waals surface area contributed by atoms with Gasteiger partial charge in [-0.3, -0.25) is 14.4 Å². The molecule has 0 N–H and O–H groups in total. The highest BCUT2D eigenvalue weighted by Gasteiger charge is 2.19. The summed E-state index contributed by atoms with van der Waals surface area (Å²) in [6.45, 7) is 6.58. The summed E-state index contributed by atoms with van der Waals surface area (Å²) < 4.78 is 16.9. The molecule has 0 heterocycles. The van der Waals surface area contributed by atoms with Crippen LogP contribution in [0.1, 0.15) is 290 Å². The molecule has 0 unspecified atom stereocenters. The Hall–Kier alpha value is -2.89. The van der Waals surface area contributed by atoms with Gasteiger partial charge < -0.3 is 14.2 Å². The van der Waals surface area contributed by atoms with Crippen LogP contribution in [-0.2, 0) is 28.6 Å². The molecule has 67 heavy (non-hydrogen) atoms. The Morgan fingerprint density at radius 3 is 0.866 bits per heavy atom. The number of rotatable bonds is 52. The fraction of sp³-hybridized carbons (Fsp3) is 0.787. The van der Waals surface area contributed by atoms with Crippen molar-refractivity contribution in [3.63, 3.8) is 0 Å². The molecule has 388 valence electrons. The number of ether oxygens (including phenoxy) is 3. The summed E-state index contributed by atoms with van der Waals surface area (Å²) >= 11 is 0. The van der Waals surface area contributed by atoms with Crippen LogP contribution >= 0.6 is 0 Å². The first kappa shape index (κ1) is 64.1. The van der Waals surface area contributed by atoms with Gasteiger partial charge in [0.1, 0.15) is 13.2 Å². The number of hydrogen-bond donors (Lipinski definition) is 0. The predicted molar refractivity (Wildman–Crippen MR) is 288 cm³/mol. The van der Waals surface area contributed by atoms with Gasteiger partial charge in [0, 0.05) is 19.3 Å². The Morgan fingerprint density at radius 1 is 0.299 bits per heavy atom. The van der Waals surface area contributed by atoms with Crippen LogP contribution in [0.3, 0.4) is 0 Å². The molecule has 0 aromatic rings. The fourth-order valence-corrected chi connectivity index (χ4v) is 8.09. The molecular weight excluding hydrogens is 829 g/mol. The van der Waals surface area contributed by atoms with E-state index in [0.29, 0.717) is 19.3 Å². The Labute approximate surface area is 415 Å². The largest absolute Gasteiger partial charge is 0.462 e. The SMILES string of the molecule is CCCCC/C=C\C/C=C\CCCCCCCCCCCC(=O)OC[C@H](COC(=O)CCCCCCC/C=C\CCCCCC)OC(=O)CCCCCCCCC/C=C\C/C=C\CCCCC. The summed E-state index contributed by atoms with van der Waals surface area (Å²) in [7, 11) is 0. The summed E-state index contributed by atoms with van der Waals surface area (Å²) in [4.78, 5) is 38.1. The van der Waals surface area contributed by atoms with Gasteiger partial charge in [-0.25, -0.2) is 0 Å². The molecule has 0 rings (SSSR count). The van der Waals surface area contributed by atoms with Gasteiger partial charge in [0.25, 0.3) is 0 Å². The molecule has 0 fully saturated rings. The molecule has 1 atom stereocenters. The zero-order valence-electron chi connectivity index (χ0n) is 44.4. The van der Waals surface area contributed by atoms with Crippen molar-refractivity contribution in [2.45, 2.75) is 297 Å². The second kappa shape index (κ2) is 55.7. The average Bonchev–Trinajstić information content (AvgIpc) is 3.33. The molecule has 0 amide bonds. The molecule has 0 saturated carbocycles. The smallest absolute Gasteiger partial charge is 0.306 e. The van der Waals surface area contributed by atoms with E-state index in [-0.39, 0.29) is 31.1 Å². The lowest BCUT2D eigenvalue weighted by Gasteiger charge is -2.18.